The standard InChI is InChI=1S/C23H30N4O2/c1-17-7-9-20(10-8-17)22-25-26-23(29-22)27-15-12-19(13-16-27)21(28)24-14-11-18-5-3-2-4-6-18/h5,7-10,19H,2-4,6,11-16H2,1H3,(H,24,28). The number of hydrogen-bond acceptors (Lipinski definition) is 5. The zero-order chi connectivity index (χ0) is 20.1. The third-order valence-corrected chi connectivity index (χ3v) is 5.98. The number of carbonyl (C=O) groups is 1. The molecule has 2 aromatic rings. The average molecular weight is 395 g/mol. The zero-order valence-electron chi connectivity index (χ0n) is 17.2. The second-order valence-electron chi connectivity index (χ2n) is 8.17. The van der Waals surface area contributed by atoms with Crippen molar-refractivity contribution in [3.63, 3.8) is 0 Å². The van der Waals surface area contributed by atoms with Crippen LogP contribution in [0.2, 0.25) is 0 Å². The number of amides is 1. The van der Waals surface area contributed by atoms with Gasteiger partial charge in [0.1, 0.15) is 0 Å². The van der Waals surface area contributed by atoms with Crippen molar-refractivity contribution in [3.8, 4) is 11.5 Å². The van der Waals surface area contributed by atoms with Gasteiger partial charge in [0.05, 0.1) is 0 Å². The molecule has 0 bridgehead atoms. The summed E-state index contributed by atoms with van der Waals surface area (Å²) in [7, 11) is 0. The molecule has 1 aliphatic carbocycles. The summed E-state index contributed by atoms with van der Waals surface area (Å²) in [5.74, 6) is 0.801. The molecule has 0 unspecified atom stereocenters. The Morgan fingerprint density at radius 1 is 1.17 bits per heavy atom. The van der Waals surface area contributed by atoms with Gasteiger partial charge >= 0.3 is 6.01 Å². The van der Waals surface area contributed by atoms with Crippen LogP contribution in [0, 0.1) is 12.8 Å². The number of nitrogens with zero attached hydrogens (tertiary/aromatic N) is 3. The number of nitrogens with one attached hydrogen (secondary N) is 1. The molecule has 1 amide bonds. The molecule has 4 rings (SSSR count). The van der Waals surface area contributed by atoms with Gasteiger partial charge in [-0.15, -0.1) is 5.10 Å². The molecule has 6 nitrogen and oxygen atoms in total. The number of allylic oxidation sites excluding steroid dienone is 1. The van der Waals surface area contributed by atoms with E-state index < -0.39 is 0 Å². The van der Waals surface area contributed by atoms with E-state index in [1.54, 1.807) is 0 Å². The predicted octanol–water partition coefficient (Wildman–Crippen LogP) is 4.27. The molecule has 1 aromatic heterocycles. The first-order valence-electron chi connectivity index (χ1n) is 10.8. The molecule has 29 heavy (non-hydrogen) atoms. The normalized spacial score (nSPS) is 17.8. The largest absolute Gasteiger partial charge is 0.403 e. The van der Waals surface area contributed by atoms with Gasteiger partial charge in [-0.05, 0) is 64.0 Å². The summed E-state index contributed by atoms with van der Waals surface area (Å²) in [6, 6.07) is 8.60. The van der Waals surface area contributed by atoms with Crippen LogP contribution in [0.1, 0.15) is 50.5 Å². The number of aryl methyl sites for hydroxylation is 1. The summed E-state index contributed by atoms with van der Waals surface area (Å²) in [6.45, 7) is 4.34. The molecular formula is C23H30N4O2. The molecule has 0 radical (unpaired) electrons. The van der Waals surface area contributed by atoms with E-state index in [2.05, 4.69) is 33.4 Å². The third-order valence-electron chi connectivity index (χ3n) is 5.98. The monoisotopic (exact) mass is 394 g/mol. The first-order chi connectivity index (χ1) is 14.2. The highest BCUT2D eigenvalue weighted by atomic mass is 16.4. The van der Waals surface area contributed by atoms with Crippen LogP contribution in [0.15, 0.2) is 40.3 Å². The maximum Gasteiger partial charge on any atom is 0.318 e. The quantitative estimate of drug-likeness (QED) is 0.741. The molecule has 1 fully saturated rings. The Hall–Kier alpha value is -2.63. The number of piperidine rings is 1. The van der Waals surface area contributed by atoms with Gasteiger partial charge in [0, 0.05) is 31.1 Å². The number of benzene rings is 1. The maximum atomic E-state index is 12.5. The van der Waals surface area contributed by atoms with E-state index in [0.717, 1.165) is 44.5 Å². The highest BCUT2D eigenvalue weighted by molar-refractivity contribution is 5.78. The Kier molecular flexibility index (Phi) is 6.27. The summed E-state index contributed by atoms with van der Waals surface area (Å²) in [4.78, 5) is 14.6. The lowest BCUT2D eigenvalue weighted by molar-refractivity contribution is -0.125. The van der Waals surface area contributed by atoms with E-state index in [1.165, 1.54) is 36.8 Å². The molecule has 1 aromatic carbocycles. The van der Waals surface area contributed by atoms with Crippen LogP contribution in [0.4, 0.5) is 6.01 Å². The number of anilines is 1. The van der Waals surface area contributed by atoms with Crippen molar-refractivity contribution in [3.05, 3.63) is 41.5 Å². The lowest BCUT2D eigenvalue weighted by atomic mass is 9.95. The van der Waals surface area contributed by atoms with Crippen LogP contribution < -0.4 is 10.2 Å². The average Bonchev–Trinajstić information content (AvgIpc) is 3.25. The molecule has 0 atom stereocenters. The zero-order valence-corrected chi connectivity index (χ0v) is 17.2. The molecule has 1 aliphatic heterocycles. The fourth-order valence-corrected chi connectivity index (χ4v) is 4.11. The van der Waals surface area contributed by atoms with Crippen LogP contribution in [-0.2, 0) is 4.79 Å². The van der Waals surface area contributed by atoms with Gasteiger partial charge in [-0.25, -0.2) is 0 Å². The molecule has 0 spiro atoms. The molecule has 2 heterocycles. The van der Waals surface area contributed by atoms with Gasteiger partial charge in [0.15, 0.2) is 0 Å². The fraction of sp³-hybridized carbons (Fsp3) is 0.522. The Balaban J connectivity index is 1.24. The molecule has 2 aliphatic rings. The van der Waals surface area contributed by atoms with Crippen LogP contribution in [0.25, 0.3) is 11.5 Å². The van der Waals surface area contributed by atoms with E-state index in [-0.39, 0.29) is 11.8 Å². The minimum atomic E-state index is 0.0751. The molecule has 6 heteroatoms. The minimum Gasteiger partial charge on any atom is -0.403 e. The molecule has 1 N–H and O–H groups in total. The van der Waals surface area contributed by atoms with Crippen LogP contribution in [0.5, 0.6) is 0 Å². The van der Waals surface area contributed by atoms with Gasteiger partial charge in [-0.2, -0.15) is 0 Å². The van der Waals surface area contributed by atoms with Crippen LogP contribution in [0.3, 0.4) is 0 Å². The van der Waals surface area contributed by atoms with Crippen molar-refractivity contribution in [2.45, 2.75) is 51.9 Å². The van der Waals surface area contributed by atoms with Crippen molar-refractivity contribution in [1.29, 1.82) is 0 Å². The SMILES string of the molecule is Cc1ccc(-c2nnc(N3CCC(C(=O)NCCC4=CCCCC4)CC3)o2)cc1. The van der Waals surface area contributed by atoms with Crippen molar-refractivity contribution in [2.24, 2.45) is 5.92 Å². The van der Waals surface area contributed by atoms with E-state index in [9.17, 15) is 4.79 Å². The van der Waals surface area contributed by atoms with E-state index >= 15 is 0 Å². The lowest BCUT2D eigenvalue weighted by Crippen LogP contribution is -2.41. The third kappa shape index (κ3) is 5.05. The summed E-state index contributed by atoms with van der Waals surface area (Å²) in [5.41, 5.74) is 3.63. The topological polar surface area (TPSA) is 71.3 Å². The summed E-state index contributed by atoms with van der Waals surface area (Å²) >= 11 is 0. The summed E-state index contributed by atoms with van der Waals surface area (Å²) in [5, 5.41) is 11.5. The van der Waals surface area contributed by atoms with Crippen LogP contribution in [-0.4, -0.2) is 35.7 Å². The number of aromatic nitrogens is 2. The van der Waals surface area contributed by atoms with Gasteiger partial charge in [-0.3, -0.25) is 4.79 Å². The first kappa shape index (κ1) is 19.7. The number of carbonyl (C=O) groups excluding carboxylic acids is 1. The van der Waals surface area contributed by atoms with Crippen molar-refractivity contribution >= 4 is 11.9 Å². The molecule has 154 valence electrons. The summed E-state index contributed by atoms with van der Waals surface area (Å²) in [6.07, 6.45) is 9.97. The number of rotatable bonds is 6. The lowest BCUT2D eigenvalue weighted by Gasteiger charge is -2.29. The predicted molar refractivity (Wildman–Crippen MR) is 114 cm³/mol. The molecule has 1 saturated heterocycles. The molecular weight excluding hydrogens is 364 g/mol. The van der Waals surface area contributed by atoms with Gasteiger partial charge in [0.25, 0.3) is 0 Å². The van der Waals surface area contributed by atoms with E-state index in [4.69, 9.17) is 4.42 Å². The van der Waals surface area contributed by atoms with Gasteiger partial charge in [-0.1, -0.05) is 34.4 Å². The van der Waals surface area contributed by atoms with Gasteiger partial charge < -0.3 is 14.6 Å². The summed E-state index contributed by atoms with van der Waals surface area (Å²) < 4.78 is 5.87. The Bertz CT molecular complexity index is 848. The second-order valence-corrected chi connectivity index (χ2v) is 8.17. The van der Waals surface area contributed by atoms with Crippen LogP contribution >= 0.6 is 0 Å². The maximum absolute atomic E-state index is 12.5. The minimum absolute atomic E-state index is 0.0751. The van der Waals surface area contributed by atoms with Crippen molar-refractivity contribution < 1.29 is 9.21 Å². The highest BCUT2D eigenvalue weighted by Gasteiger charge is 2.27. The Labute approximate surface area is 172 Å². The highest BCUT2D eigenvalue weighted by Crippen LogP contribution is 2.26. The second kappa shape index (κ2) is 9.25. The van der Waals surface area contributed by atoms with E-state index in [0.29, 0.717) is 11.9 Å². The smallest absolute Gasteiger partial charge is 0.318 e. The van der Waals surface area contributed by atoms with Crippen molar-refractivity contribution in [2.75, 3.05) is 24.5 Å². The van der Waals surface area contributed by atoms with Crippen molar-refractivity contribution in [1.82, 2.24) is 15.5 Å². The first-order valence-corrected chi connectivity index (χ1v) is 10.8. The molecule has 0 saturated carbocycles. The Morgan fingerprint density at radius 2 is 1.97 bits per heavy atom. The van der Waals surface area contributed by atoms with Gasteiger partial charge in [0.2, 0.25) is 11.8 Å². The number of hydrogen-bond donors (Lipinski definition) is 1. The fourth-order valence-electron chi connectivity index (χ4n) is 4.11. The van der Waals surface area contributed by atoms with E-state index in [1.807, 2.05) is 24.3 Å². The Morgan fingerprint density at radius 3 is 2.69 bits per heavy atom.